The van der Waals surface area contributed by atoms with Crippen LogP contribution in [-0.4, -0.2) is 22.8 Å². The smallest absolute Gasteiger partial charge is 0.303 e. The SMILES string of the molecule is C=C(C)C1CCC2(C)C1CCC1(C)CC(OC(C)=O)C(C)(O)C=CC12. The van der Waals surface area contributed by atoms with Gasteiger partial charge in [-0.2, -0.15) is 0 Å². The molecular formula is C22H34O3. The molecule has 140 valence electrons. The van der Waals surface area contributed by atoms with Crippen LogP contribution in [0.1, 0.15) is 66.7 Å². The predicted molar refractivity (Wildman–Crippen MR) is 99.9 cm³/mol. The zero-order valence-electron chi connectivity index (χ0n) is 16.5. The van der Waals surface area contributed by atoms with Crippen molar-refractivity contribution in [2.75, 3.05) is 0 Å². The maximum atomic E-state index is 11.6. The Kier molecular flexibility index (Phi) is 4.47. The molecule has 2 saturated carbocycles. The molecule has 3 nitrogen and oxygen atoms in total. The molecule has 0 aromatic carbocycles. The molecule has 0 saturated heterocycles. The van der Waals surface area contributed by atoms with Gasteiger partial charge in [-0.25, -0.2) is 0 Å². The van der Waals surface area contributed by atoms with Gasteiger partial charge in [0.1, 0.15) is 11.7 Å². The van der Waals surface area contributed by atoms with Gasteiger partial charge in [-0.3, -0.25) is 4.79 Å². The maximum Gasteiger partial charge on any atom is 0.303 e. The van der Waals surface area contributed by atoms with E-state index in [9.17, 15) is 9.90 Å². The lowest BCUT2D eigenvalue weighted by Gasteiger charge is -2.54. The molecule has 3 rings (SSSR count). The van der Waals surface area contributed by atoms with E-state index in [4.69, 9.17) is 4.74 Å². The standard InChI is InChI=1S/C22H34O3/c1-14(2)16-7-11-21(5)17(16)8-10-20(4)13-19(25-15(3)23)22(6,24)12-9-18(20)21/h9,12,16-19,24H,1,7-8,10-11,13H2,2-6H3. The Balaban J connectivity index is 1.97. The molecule has 0 aromatic rings. The van der Waals surface area contributed by atoms with E-state index in [1.165, 1.54) is 31.8 Å². The summed E-state index contributed by atoms with van der Waals surface area (Å²) in [6, 6.07) is 0. The van der Waals surface area contributed by atoms with E-state index in [1.54, 1.807) is 6.92 Å². The molecule has 0 spiro atoms. The van der Waals surface area contributed by atoms with Crippen LogP contribution in [0, 0.1) is 28.6 Å². The van der Waals surface area contributed by atoms with Crippen LogP contribution in [0.25, 0.3) is 0 Å². The molecule has 0 aliphatic heterocycles. The average molecular weight is 347 g/mol. The molecule has 0 heterocycles. The Hall–Kier alpha value is -1.09. The average Bonchev–Trinajstić information content (AvgIpc) is 2.77. The number of rotatable bonds is 2. The fourth-order valence-electron chi connectivity index (χ4n) is 6.33. The monoisotopic (exact) mass is 346 g/mol. The second kappa shape index (κ2) is 5.97. The highest BCUT2D eigenvalue weighted by molar-refractivity contribution is 5.66. The Labute approximate surface area is 152 Å². The molecule has 0 bridgehead atoms. The van der Waals surface area contributed by atoms with Gasteiger partial charge in [0.15, 0.2) is 0 Å². The Bertz CT molecular complexity index is 604. The molecule has 7 atom stereocenters. The van der Waals surface area contributed by atoms with E-state index in [0.717, 1.165) is 12.8 Å². The van der Waals surface area contributed by atoms with Crippen molar-refractivity contribution in [3.05, 3.63) is 24.3 Å². The maximum absolute atomic E-state index is 11.6. The molecule has 3 aliphatic carbocycles. The highest BCUT2D eigenvalue weighted by Crippen LogP contribution is 2.65. The van der Waals surface area contributed by atoms with Crippen LogP contribution in [0.3, 0.4) is 0 Å². The number of hydrogen-bond acceptors (Lipinski definition) is 3. The van der Waals surface area contributed by atoms with Crippen LogP contribution in [0.4, 0.5) is 0 Å². The van der Waals surface area contributed by atoms with Gasteiger partial charge in [-0.1, -0.05) is 38.2 Å². The third-order valence-electron chi connectivity index (χ3n) is 7.69. The minimum atomic E-state index is -1.11. The molecule has 7 unspecified atom stereocenters. The molecule has 25 heavy (non-hydrogen) atoms. The van der Waals surface area contributed by atoms with Crippen molar-refractivity contribution >= 4 is 5.97 Å². The Morgan fingerprint density at radius 3 is 2.48 bits per heavy atom. The van der Waals surface area contributed by atoms with Crippen LogP contribution >= 0.6 is 0 Å². The minimum absolute atomic E-state index is 0.0479. The third-order valence-corrected chi connectivity index (χ3v) is 7.69. The summed E-state index contributed by atoms with van der Waals surface area (Å²) < 4.78 is 5.55. The van der Waals surface area contributed by atoms with Crippen molar-refractivity contribution in [3.8, 4) is 0 Å². The first kappa shape index (κ1) is 18.7. The van der Waals surface area contributed by atoms with E-state index in [1.807, 2.05) is 6.08 Å². The van der Waals surface area contributed by atoms with Crippen LogP contribution in [-0.2, 0) is 9.53 Å². The molecule has 2 fully saturated rings. The van der Waals surface area contributed by atoms with Gasteiger partial charge in [0.2, 0.25) is 0 Å². The van der Waals surface area contributed by atoms with E-state index in [0.29, 0.717) is 17.8 Å². The van der Waals surface area contributed by atoms with Crippen molar-refractivity contribution in [2.45, 2.75) is 78.4 Å². The van der Waals surface area contributed by atoms with Gasteiger partial charge in [0, 0.05) is 6.92 Å². The fourth-order valence-corrected chi connectivity index (χ4v) is 6.33. The normalized spacial score (nSPS) is 49.0. The van der Waals surface area contributed by atoms with E-state index in [-0.39, 0.29) is 16.8 Å². The highest BCUT2D eigenvalue weighted by atomic mass is 16.6. The number of esters is 1. The van der Waals surface area contributed by atoms with Gasteiger partial charge in [-0.15, -0.1) is 0 Å². The summed E-state index contributed by atoms with van der Waals surface area (Å²) in [4.78, 5) is 11.6. The molecule has 0 radical (unpaired) electrons. The number of fused-ring (bicyclic) bond motifs is 3. The van der Waals surface area contributed by atoms with Gasteiger partial charge in [0.05, 0.1) is 0 Å². The summed E-state index contributed by atoms with van der Waals surface area (Å²) >= 11 is 0. The second-order valence-electron chi connectivity index (χ2n) is 9.66. The first-order valence-corrected chi connectivity index (χ1v) is 9.74. The number of carbonyl (C=O) groups excluding carboxylic acids is 1. The summed E-state index contributed by atoms with van der Waals surface area (Å²) in [5.41, 5.74) is 0.491. The lowest BCUT2D eigenvalue weighted by Crippen LogP contribution is -2.49. The number of hydrogen-bond donors (Lipinski definition) is 1. The lowest BCUT2D eigenvalue weighted by atomic mass is 9.51. The van der Waals surface area contributed by atoms with E-state index in [2.05, 4.69) is 33.4 Å². The zero-order chi connectivity index (χ0) is 18.6. The number of carbonyl (C=O) groups is 1. The molecule has 0 aromatic heterocycles. The molecule has 1 N–H and O–H groups in total. The molecule has 0 amide bonds. The predicted octanol–water partition coefficient (Wildman–Crippen LogP) is 4.65. The lowest BCUT2D eigenvalue weighted by molar-refractivity contribution is -0.162. The van der Waals surface area contributed by atoms with Crippen LogP contribution in [0.2, 0.25) is 0 Å². The summed E-state index contributed by atoms with van der Waals surface area (Å²) in [7, 11) is 0. The van der Waals surface area contributed by atoms with Crippen molar-refractivity contribution < 1.29 is 14.6 Å². The summed E-state index contributed by atoms with van der Waals surface area (Å²) in [6.07, 6.45) is 9.13. The third kappa shape index (κ3) is 2.99. The summed E-state index contributed by atoms with van der Waals surface area (Å²) in [5, 5.41) is 10.9. The second-order valence-corrected chi connectivity index (χ2v) is 9.66. The van der Waals surface area contributed by atoms with Crippen LogP contribution in [0.5, 0.6) is 0 Å². The Morgan fingerprint density at radius 2 is 1.88 bits per heavy atom. The number of aliphatic hydroxyl groups is 1. The largest absolute Gasteiger partial charge is 0.459 e. The van der Waals surface area contributed by atoms with Crippen LogP contribution < -0.4 is 0 Å². The van der Waals surface area contributed by atoms with Crippen molar-refractivity contribution in [2.24, 2.45) is 28.6 Å². The van der Waals surface area contributed by atoms with Gasteiger partial charge >= 0.3 is 5.97 Å². The quantitative estimate of drug-likeness (QED) is 0.584. The van der Waals surface area contributed by atoms with Crippen LogP contribution in [0.15, 0.2) is 24.3 Å². The van der Waals surface area contributed by atoms with E-state index >= 15 is 0 Å². The molecule has 3 heteroatoms. The van der Waals surface area contributed by atoms with Gasteiger partial charge in [0.25, 0.3) is 0 Å². The van der Waals surface area contributed by atoms with Gasteiger partial charge < -0.3 is 9.84 Å². The molecule has 3 aliphatic rings. The van der Waals surface area contributed by atoms with Crippen molar-refractivity contribution in [1.29, 1.82) is 0 Å². The summed E-state index contributed by atoms with van der Waals surface area (Å²) in [5.74, 6) is 1.37. The zero-order valence-corrected chi connectivity index (χ0v) is 16.5. The van der Waals surface area contributed by atoms with Crippen molar-refractivity contribution in [1.82, 2.24) is 0 Å². The Morgan fingerprint density at radius 1 is 1.20 bits per heavy atom. The first-order chi connectivity index (χ1) is 11.5. The van der Waals surface area contributed by atoms with E-state index < -0.39 is 11.7 Å². The number of allylic oxidation sites excluding steroid dienone is 2. The van der Waals surface area contributed by atoms with Crippen molar-refractivity contribution in [3.63, 3.8) is 0 Å². The topological polar surface area (TPSA) is 46.5 Å². The molecular weight excluding hydrogens is 312 g/mol. The highest BCUT2D eigenvalue weighted by Gasteiger charge is 2.59. The fraction of sp³-hybridized carbons (Fsp3) is 0.773. The summed E-state index contributed by atoms with van der Waals surface area (Å²) in [6.45, 7) is 14.4. The van der Waals surface area contributed by atoms with Gasteiger partial charge in [-0.05, 0) is 74.5 Å². The first-order valence-electron chi connectivity index (χ1n) is 9.74. The number of ether oxygens (including phenoxy) is 1. The minimum Gasteiger partial charge on any atom is -0.459 e.